The maximum absolute atomic E-state index is 12.8. The van der Waals surface area contributed by atoms with Crippen molar-refractivity contribution in [2.75, 3.05) is 0 Å². The average molecular weight is 421 g/mol. The molecular weight excluding hydrogens is 408 g/mol. The van der Waals surface area contributed by atoms with Gasteiger partial charge in [0.25, 0.3) is 11.8 Å². The van der Waals surface area contributed by atoms with Crippen LogP contribution in [0.1, 0.15) is 39.1 Å². The Morgan fingerprint density at radius 2 is 1.60 bits per heavy atom. The molecule has 2 amide bonds. The van der Waals surface area contributed by atoms with E-state index >= 15 is 0 Å². The zero-order chi connectivity index (χ0) is 17.8. The van der Waals surface area contributed by atoms with E-state index < -0.39 is 27.4 Å². The molecule has 0 saturated heterocycles. The topological polar surface area (TPSA) is 92.3 Å². The Kier molecular flexibility index (Phi) is 3.61. The molecule has 0 radical (unpaired) electrons. The van der Waals surface area contributed by atoms with Gasteiger partial charge in [-0.3, -0.25) is 14.9 Å². The molecule has 0 spiro atoms. The number of hydrogen-bond acceptors (Lipinski definition) is 4. The second kappa shape index (κ2) is 5.48. The number of rotatable bonds is 4. The summed E-state index contributed by atoms with van der Waals surface area (Å²) in [5.41, 5.74) is 0.559. The molecule has 0 bridgehead atoms. The Morgan fingerprint density at radius 3 is 2.24 bits per heavy atom. The summed E-state index contributed by atoms with van der Waals surface area (Å²) in [7, 11) is -3.83. The highest BCUT2D eigenvalue weighted by Gasteiger charge is 2.47. The molecule has 8 heteroatoms. The number of amides is 2. The summed E-state index contributed by atoms with van der Waals surface area (Å²) < 4.78 is 29.2. The minimum Gasteiger partial charge on any atom is -0.288 e. The Balaban J connectivity index is 1.67. The number of carbonyl (C=O) groups excluding carboxylic acids is 2. The number of hydrogen-bond donors (Lipinski definition) is 2. The van der Waals surface area contributed by atoms with Crippen LogP contribution in [-0.2, 0) is 15.6 Å². The molecule has 1 fully saturated rings. The van der Waals surface area contributed by atoms with Gasteiger partial charge >= 0.3 is 0 Å². The van der Waals surface area contributed by atoms with E-state index in [-0.39, 0.29) is 16.0 Å². The number of imide groups is 1. The lowest BCUT2D eigenvalue weighted by atomic mass is 10.1. The van der Waals surface area contributed by atoms with Crippen molar-refractivity contribution in [3.63, 3.8) is 0 Å². The number of halogens is 1. The molecule has 4 rings (SSSR count). The first-order valence-corrected chi connectivity index (χ1v) is 9.88. The molecule has 0 atom stereocenters. The third-order valence-electron chi connectivity index (χ3n) is 4.49. The molecule has 2 N–H and O–H groups in total. The van der Waals surface area contributed by atoms with Crippen LogP contribution >= 0.6 is 15.9 Å². The summed E-state index contributed by atoms with van der Waals surface area (Å²) in [6, 6.07) is 11.5. The van der Waals surface area contributed by atoms with Crippen molar-refractivity contribution in [3.05, 3.63) is 63.6 Å². The van der Waals surface area contributed by atoms with Gasteiger partial charge in [-0.2, -0.15) is 0 Å². The van der Waals surface area contributed by atoms with Crippen LogP contribution in [0, 0.1) is 0 Å². The minimum atomic E-state index is -3.83. The van der Waals surface area contributed by atoms with Crippen LogP contribution in [0.4, 0.5) is 0 Å². The molecule has 25 heavy (non-hydrogen) atoms. The first-order chi connectivity index (χ1) is 11.8. The minimum absolute atomic E-state index is 0.0283. The lowest BCUT2D eigenvalue weighted by Gasteiger charge is -2.18. The predicted octanol–water partition coefficient (Wildman–Crippen LogP) is 2.30. The fourth-order valence-corrected chi connectivity index (χ4v) is 4.71. The number of carbonyl (C=O) groups is 2. The van der Waals surface area contributed by atoms with Gasteiger partial charge in [-0.05, 0) is 48.7 Å². The normalized spacial score (nSPS) is 18.0. The monoisotopic (exact) mass is 420 g/mol. The number of benzene rings is 2. The quantitative estimate of drug-likeness (QED) is 0.742. The molecule has 2 aliphatic rings. The van der Waals surface area contributed by atoms with Crippen LogP contribution in [0.3, 0.4) is 0 Å². The van der Waals surface area contributed by atoms with Gasteiger partial charge < -0.3 is 0 Å². The average Bonchev–Trinajstić information content (AvgIpc) is 3.28. The SMILES string of the molecule is O=C1NC(=O)c2cc(S(=O)(=O)NC3(c4ccc(Br)cc4)CC3)ccc21. The Morgan fingerprint density at radius 1 is 0.960 bits per heavy atom. The summed E-state index contributed by atoms with van der Waals surface area (Å²) in [6.07, 6.45) is 1.41. The van der Waals surface area contributed by atoms with Gasteiger partial charge in [0.05, 0.1) is 21.6 Å². The first kappa shape index (κ1) is 16.4. The maximum atomic E-state index is 12.8. The summed E-state index contributed by atoms with van der Waals surface area (Å²) in [6.45, 7) is 0. The number of fused-ring (bicyclic) bond motifs is 1. The molecular formula is C17H13BrN2O4S. The van der Waals surface area contributed by atoms with Crippen LogP contribution in [0.2, 0.25) is 0 Å². The Hall–Kier alpha value is -2.03. The van der Waals surface area contributed by atoms with E-state index in [1.54, 1.807) is 0 Å². The standard InChI is InChI=1S/C17H13BrN2O4S/c18-11-3-1-10(2-4-11)17(7-8-17)20-25(23,24)12-5-6-13-14(9-12)16(22)19-15(13)21/h1-6,9,20H,7-8H2,(H,19,21,22). The third-order valence-corrected chi connectivity index (χ3v) is 6.56. The lowest BCUT2D eigenvalue weighted by molar-refractivity contribution is 0.0879. The van der Waals surface area contributed by atoms with E-state index in [1.165, 1.54) is 18.2 Å². The van der Waals surface area contributed by atoms with Gasteiger partial charge in [-0.1, -0.05) is 28.1 Å². The van der Waals surface area contributed by atoms with Gasteiger partial charge in [0.1, 0.15) is 0 Å². The van der Waals surface area contributed by atoms with Crippen LogP contribution in [0.15, 0.2) is 51.8 Å². The smallest absolute Gasteiger partial charge is 0.258 e. The van der Waals surface area contributed by atoms with Gasteiger partial charge in [-0.15, -0.1) is 0 Å². The molecule has 1 saturated carbocycles. The van der Waals surface area contributed by atoms with Crippen molar-refractivity contribution in [2.45, 2.75) is 23.3 Å². The zero-order valence-electron chi connectivity index (χ0n) is 12.9. The van der Waals surface area contributed by atoms with Gasteiger partial charge in [0.2, 0.25) is 10.0 Å². The summed E-state index contributed by atoms with van der Waals surface area (Å²) in [5, 5.41) is 2.16. The second-order valence-corrected chi connectivity index (χ2v) is 8.78. The van der Waals surface area contributed by atoms with E-state index in [0.29, 0.717) is 12.8 Å². The van der Waals surface area contributed by atoms with E-state index in [1.807, 2.05) is 24.3 Å². The molecule has 6 nitrogen and oxygen atoms in total. The summed E-state index contributed by atoms with van der Waals surface area (Å²) in [5.74, 6) is -1.09. The molecule has 1 aliphatic heterocycles. The number of nitrogens with one attached hydrogen (secondary N) is 2. The van der Waals surface area contributed by atoms with Crippen LogP contribution in [-0.4, -0.2) is 20.2 Å². The zero-order valence-corrected chi connectivity index (χ0v) is 15.3. The first-order valence-electron chi connectivity index (χ1n) is 7.61. The van der Waals surface area contributed by atoms with E-state index in [9.17, 15) is 18.0 Å². The molecule has 2 aromatic rings. The van der Waals surface area contributed by atoms with Crippen molar-refractivity contribution >= 4 is 37.8 Å². The second-order valence-electron chi connectivity index (χ2n) is 6.19. The van der Waals surface area contributed by atoms with Crippen molar-refractivity contribution in [1.29, 1.82) is 0 Å². The summed E-state index contributed by atoms with van der Waals surface area (Å²) >= 11 is 3.37. The summed E-state index contributed by atoms with van der Waals surface area (Å²) in [4.78, 5) is 23.3. The van der Waals surface area contributed by atoms with Gasteiger partial charge in [-0.25, -0.2) is 13.1 Å². The highest BCUT2D eigenvalue weighted by atomic mass is 79.9. The lowest BCUT2D eigenvalue weighted by Crippen LogP contribution is -2.34. The van der Waals surface area contributed by atoms with Gasteiger partial charge in [0.15, 0.2) is 0 Å². The molecule has 1 aliphatic carbocycles. The van der Waals surface area contributed by atoms with Crippen LogP contribution in [0.25, 0.3) is 0 Å². The van der Waals surface area contributed by atoms with Crippen molar-refractivity contribution in [1.82, 2.24) is 10.0 Å². The fourth-order valence-electron chi connectivity index (χ4n) is 2.97. The molecule has 2 aromatic carbocycles. The predicted molar refractivity (Wildman–Crippen MR) is 93.6 cm³/mol. The molecule has 1 heterocycles. The Labute approximate surface area is 152 Å². The van der Waals surface area contributed by atoms with E-state index in [2.05, 4.69) is 26.0 Å². The third kappa shape index (κ3) is 2.80. The molecule has 0 unspecified atom stereocenters. The Bertz CT molecular complexity index is 1010. The fraction of sp³-hybridized carbons (Fsp3) is 0.176. The maximum Gasteiger partial charge on any atom is 0.258 e. The molecule has 0 aromatic heterocycles. The number of sulfonamides is 1. The van der Waals surface area contributed by atoms with Crippen molar-refractivity contribution in [2.24, 2.45) is 0 Å². The van der Waals surface area contributed by atoms with Crippen molar-refractivity contribution < 1.29 is 18.0 Å². The van der Waals surface area contributed by atoms with Crippen molar-refractivity contribution in [3.8, 4) is 0 Å². The van der Waals surface area contributed by atoms with Crippen LogP contribution in [0.5, 0.6) is 0 Å². The van der Waals surface area contributed by atoms with E-state index in [0.717, 1.165) is 10.0 Å². The molecule has 128 valence electrons. The van der Waals surface area contributed by atoms with Crippen LogP contribution < -0.4 is 10.0 Å². The highest BCUT2D eigenvalue weighted by molar-refractivity contribution is 9.10. The largest absolute Gasteiger partial charge is 0.288 e. The van der Waals surface area contributed by atoms with Gasteiger partial charge in [0, 0.05) is 4.47 Å². The highest BCUT2D eigenvalue weighted by Crippen LogP contribution is 2.46. The van der Waals surface area contributed by atoms with E-state index in [4.69, 9.17) is 0 Å².